The molecule has 4 aromatic rings. The standard InChI is InChI=1S/C18H15N4/c1-12-8-13(15-4-2-3-5-16(15)21-12)10-22-11-20-17-9-14(19)6-7-18(17)22/h2-9,11,19H,10H2,1H3. The zero-order valence-electron chi connectivity index (χ0n) is 12.2. The van der Waals surface area contributed by atoms with Crippen LogP contribution in [0.15, 0.2) is 54.9 Å². The van der Waals surface area contributed by atoms with Gasteiger partial charge in [-0.15, -0.1) is 0 Å². The molecule has 0 amide bonds. The van der Waals surface area contributed by atoms with E-state index in [0.717, 1.165) is 28.8 Å². The molecule has 0 bridgehead atoms. The highest BCUT2D eigenvalue weighted by Gasteiger charge is 2.07. The van der Waals surface area contributed by atoms with Crippen molar-refractivity contribution in [3.8, 4) is 0 Å². The topological polar surface area (TPSA) is 54.5 Å². The van der Waals surface area contributed by atoms with Crippen LogP contribution in [0.4, 0.5) is 5.69 Å². The summed E-state index contributed by atoms with van der Waals surface area (Å²) in [6.07, 6.45) is 1.84. The second-order valence-electron chi connectivity index (χ2n) is 5.52. The summed E-state index contributed by atoms with van der Waals surface area (Å²) >= 11 is 0. The van der Waals surface area contributed by atoms with Crippen molar-refractivity contribution in [2.45, 2.75) is 13.5 Å². The molecule has 0 atom stereocenters. The Morgan fingerprint density at radius 3 is 2.82 bits per heavy atom. The maximum Gasteiger partial charge on any atom is 0.0961 e. The van der Waals surface area contributed by atoms with Crippen LogP contribution in [-0.2, 0) is 6.54 Å². The number of fused-ring (bicyclic) bond motifs is 2. The van der Waals surface area contributed by atoms with Gasteiger partial charge in [0, 0.05) is 17.6 Å². The Morgan fingerprint density at radius 2 is 1.91 bits per heavy atom. The third kappa shape index (κ3) is 2.09. The Hall–Kier alpha value is -2.88. The van der Waals surface area contributed by atoms with Crippen LogP contribution in [0.2, 0.25) is 0 Å². The Bertz CT molecular complexity index is 985. The van der Waals surface area contributed by atoms with Crippen molar-refractivity contribution in [1.29, 1.82) is 0 Å². The first-order valence-corrected chi connectivity index (χ1v) is 7.22. The number of hydrogen-bond donors (Lipinski definition) is 0. The fourth-order valence-corrected chi connectivity index (χ4v) is 2.90. The summed E-state index contributed by atoms with van der Waals surface area (Å²) in [4.78, 5) is 9.00. The summed E-state index contributed by atoms with van der Waals surface area (Å²) in [5.41, 5.74) is 13.4. The van der Waals surface area contributed by atoms with E-state index in [1.807, 2.05) is 37.5 Å². The second-order valence-corrected chi connectivity index (χ2v) is 5.52. The van der Waals surface area contributed by atoms with Gasteiger partial charge >= 0.3 is 0 Å². The van der Waals surface area contributed by atoms with Crippen LogP contribution in [0.3, 0.4) is 0 Å². The van der Waals surface area contributed by atoms with Gasteiger partial charge in [0.15, 0.2) is 0 Å². The van der Waals surface area contributed by atoms with Gasteiger partial charge in [-0.25, -0.2) is 4.98 Å². The van der Waals surface area contributed by atoms with E-state index in [1.165, 1.54) is 10.9 Å². The summed E-state index contributed by atoms with van der Waals surface area (Å²) in [5, 5.41) is 1.17. The minimum absolute atomic E-state index is 0.489. The van der Waals surface area contributed by atoms with Crippen LogP contribution in [0.1, 0.15) is 11.3 Å². The fourth-order valence-electron chi connectivity index (χ4n) is 2.90. The maximum atomic E-state index is 7.69. The Labute approximate surface area is 128 Å². The fraction of sp³-hybridized carbons (Fsp3) is 0.111. The molecule has 2 aromatic heterocycles. The number of aryl methyl sites for hydroxylation is 1. The predicted molar refractivity (Wildman–Crippen MR) is 88.1 cm³/mol. The number of imidazole rings is 1. The van der Waals surface area contributed by atoms with E-state index < -0.39 is 0 Å². The lowest BCUT2D eigenvalue weighted by molar-refractivity contribution is 0.828. The largest absolute Gasteiger partial charge is 0.326 e. The first-order valence-electron chi connectivity index (χ1n) is 7.22. The SMILES string of the molecule is Cc1cc(Cn2cnc3cc([NH])ccc32)c2ccccc2n1. The van der Waals surface area contributed by atoms with Crippen LogP contribution in [0.25, 0.3) is 21.9 Å². The van der Waals surface area contributed by atoms with E-state index in [0.29, 0.717) is 5.69 Å². The third-order valence-electron chi connectivity index (χ3n) is 3.89. The third-order valence-corrected chi connectivity index (χ3v) is 3.89. The lowest BCUT2D eigenvalue weighted by atomic mass is 10.1. The Kier molecular flexibility index (Phi) is 2.82. The highest BCUT2D eigenvalue weighted by atomic mass is 15.0. The molecule has 2 heterocycles. The minimum atomic E-state index is 0.489. The predicted octanol–water partition coefficient (Wildman–Crippen LogP) is 3.86. The lowest BCUT2D eigenvalue weighted by Gasteiger charge is -2.09. The van der Waals surface area contributed by atoms with Crippen molar-refractivity contribution in [3.05, 3.63) is 66.1 Å². The average Bonchev–Trinajstić information content (AvgIpc) is 2.89. The molecule has 0 aliphatic heterocycles. The number of rotatable bonds is 2. The monoisotopic (exact) mass is 287 g/mol. The molecule has 4 rings (SSSR count). The molecular formula is C18H15N4. The zero-order valence-corrected chi connectivity index (χ0v) is 12.2. The van der Waals surface area contributed by atoms with E-state index in [-0.39, 0.29) is 0 Å². The smallest absolute Gasteiger partial charge is 0.0961 e. The van der Waals surface area contributed by atoms with E-state index in [4.69, 9.17) is 5.73 Å². The molecule has 0 fully saturated rings. The molecule has 0 aliphatic carbocycles. The van der Waals surface area contributed by atoms with E-state index >= 15 is 0 Å². The van der Waals surface area contributed by atoms with Crippen LogP contribution in [-0.4, -0.2) is 14.5 Å². The molecular weight excluding hydrogens is 272 g/mol. The summed E-state index contributed by atoms with van der Waals surface area (Å²) in [6, 6.07) is 15.9. The number of benzene rings is 2. The molecule has 2 aromatic carbocycles. The number of aromatic nitrogens is 3. The van der Waals surface area contributed by atoms with E-state index in [1.54, 1.807) is 12.1 Å². The van der Waals surface area contributed by atoms with E-state index in [2.05, 4.69) is 26.7 Å². The van der Waals surface area contributed by atoms with Gasteiger partial charge in [-0.2, -0.15) is 0 Å². The molecule has 0 saturated heterocycles. The first kappa shape index (κ1) is 12.8. The van der Waals surface area contributed by atoms with Crippen LogP contribution >= 0.6 is 0 Å². The molecule has 0 saturated carbocycles. The van der Waals surface area contributed by atoms with Gasteiger partial charge in [0.05, 0.1) is 28.6 Å². The van der Waals surface area contributed by atoms with Gasteiger partial charge in [-0.3, -0.25) is 4.98 Å². The van der Waals surface area contributed by atoms with E-state index in [9.17, 15) is 0 Å². The highest BCUT2D eigenvalue weighted by Crippen LogP contribution is 2.22. The molecule has 22 heavy (non-hydrogen) atoms. The number of hydrogen-bond acceptors (Lipinski definition) is 2. The van der Waals surface area contributed by atoms with Crippen molar-refractivity contribution in [2.75, 3.05) is 0 Å². The van der Waals surface area contributed by atoms with Gasteiger partial charge in [-0.05, 0) is 42.8 Å². The number of para-hydroxylation sites is 1. The average molecular weight is 287 g/mol. The number of pyridine rings is 1. The summed E-state index contributed by atoms with van der Waals surface area (Å²) in [5.74, 6) is 0. The van der Waals surface area contributed by atoms with Gasteiger partial charge in [0.1, 0.15) is 0 Å². The van der Waals surface area contributed by atoms with Crippen LogP contribution in [0.5, 0.6) is 0 Å². The number of nitrogens with one attached hydrogen (secondary N) is 1. The molecule has 1 radical (unpaired) electrons. The van der Waals surface area contributed by atoms with Crippen molar-refractivity contribution >= 4 is 27.6 Å². The van der Waals surface area contributed by atoms with Crippen molar-refractivity contribution in [2.24, 2.45) is 0 Å². The molecule has 0 aliphatic rings. The van der Waals surface area contributed by atoms with Gasteiger partial charge in [-0.1, -0.05) is 18.2 Å². The van der Waals surface area contributed by atoms with Crippen molar-refractivity contribution < 1.29 is 0 Å². The molecule has 4 nitrogen and oxygen atoms in total. The van der Waals surface area contributed by atoms with Crippen LogP contribution in [0, 0.1) is 6.92 Å². The molecule has 4 heteroatoms. The molecule has 0 spiro atoms. The molecule has 0 unspecified atom stereocenters. The summed E-state index contributed by atoms with van der Waals surface area (Å²) in [6.45, 7) is 2.77. The molecule has 107 valence electrons. The van der Waals surface area contributed by atoms with Crippen molar-refractivity contribution in [1.82, 2.24) is 20.3 Å². The number of nitrogens with zero attached hydrogens (tertiary/aromatic N) is 3. The van der Waals surface area contributed by atoms with Gasteiger partial charge < -0.3 is 10.3 Å². The Balaban J connectivity index is 1.86. The van der Waals surface area contributed by atoms with Gasteiger partial charge in [0.25, 0.3) is 0 Å². The normalized spacial score (nSPS) is 11.3. The Morgan fingerprint density at radius 1 is 1.05 bits per heavy atom. The maximum absolute atomic E-state index is 7.69. The quantitative estimate of drug-likeness (QED) is 0.562. The lowest BCUT2D eigenvalue weighted by Crippen LogP contribution is -2.00. The summed E-state index contributed by atoms with van der Waals surface area (Å²) in [7, 11) is 0. The summed E-state index contributed by atoms with van der Waals surface area (Å²) < 4.78 is 2.12. The molecule has 1 N–H and O–H groups in total. The van der Waals surface area contributed by atoms with Crippen LogP contribution < -0.4 is 5.73 Å². The van der Waals surface area contributed by atoms with Crippen molar-refractivity contribution in [3.63, 3.8) is 0 Å². The zero-order chi connectivity index (χ0) is 15.1. The second kappa shape index (κ2) is 4.84. The first-order chi connectivity index (χ1) is 10.7. The highest BCUT2D eigenvalue weighted by molar-refractivity contribution is 5.83. The van der Waals surface area contributed by atoms with Gasteiger partial charge in [0.2, 0.25) is 0 Å². The minimum Gasteiger partial charge on any atom is -0.326 e.